The van der Waals surface area contributed by atoms with E-state index in [1.165, 1.54) is 13.2 Å². The fourth-order valence-electron chi connectivity index (χ4n) is 2.27. The molecule has 2 amide bonds. The molecular formula is C20H23FN2O3. The molecule has 26 heavy (non-hydrogen) atoms. The number of hydrogen-bond acceptors (Lipinski definition) is 3. The first-order valence-electron chi connectivity index (χ1n) is 8.42. The quantitative estimate of drug-likeness (QED) is 0.786. The molecule has 0 aliphatic rings. The maximum atomic E-state index is 13.6. The summed E-state index contributed by atoms with van der Waals surface area (Å²) in [6.45, 7) is 3.64. The fourth-order valence-corrected chi connectivity index (χ4v) is 2.27. The Morgan fingerprint density at radius 1 is 1.04 bits per heavy atom. The van der Waals surface area contributed by atoms with E-state index < -0.39 is 5.82 Å². The number of carbonyl (C=O) groups is 2. The molecule has 0 aromatic heterocycles. The van der Waals surface area contributed by atoms with Gasteiger partial charge in [0.2, 0.25) is 11.8 Å². The van der Waals surface area contributed by atoms with Crippen molar-refractivity contribution >= 4 is 23.2 Å². The van der Waals surface area contributed by atoms with Gasteiger partial charge in [0.15, 0.2) is 11.6 Å². The largest absolute Gasteiger partial charge is 0.494 e. The zero-order valence-corrected chi connectivity index (χ0v) is 15.1. The van der Waals surface area contributed by atoms with E-state index in [9.17, 15) is 14.0 Å². The fraction of sp³-hybridized carbons (Fsp3) is 0.300. The number of benzene rings is 2. The molecule has 0 atom stereocenters. The van der Waals surface area contributed by atoms with Crippen LogP contribution in [0.3, 0.4) is 0 Å². The predicted octanol–water partition coefficient (Wildman–Crippen LogP) is 4.00. The maximum absolute atomic E-state index is 13.6. The van der Waals surface area contributed by atoms with E-state index >= 15 is 0 Å². The highest BCUT2D eigenvalue weighted by Crippen LogP contribution is 2.19. The second-order valence-electron chi connectivity index (χ2n) is 6.24. The van der Waals surface area contributed by atoms with Crippen LogP contribution in [-0.4, -0.2) is 18.9 Å². The summed E-state index contributed by atoms with van der Waals surface area (Å²) >= 11 is 0. The molecule has 0 saturated carbocycles. The van der Waals surface area contributed by atoms with Crippen LogP contribution >= 0.6 is 0 Å². The van der Waals surface area contributed by atoms with Crippen molar-refractivity contribution in [2.45, 2.75) is 26.7 Å². The Labute approximate surface area is 152 Å². The molecule has 2 aromatic rings. The number of ether oxygens (including phenoxy) is 1. The average molecular weight is 358 g/mol. The highest BCUT2D eigenvalue weighted by atomic mass is 19.1. The normalized spacial score (nSPS) is 10.5. The Morgan fingerprint density at radius 3 is 2.19 bits per heavy atom. The third-order valence-electron chi connectivity index (χ3n) is 3.82. The second kappa shape index (κ2) is 8.99. The van der Waals surface area contributed by atoms with Gasteiger partial charge in [-0.25, -0.2) is 4.39 Å². The van der Waals surface area contributed by atoms with Gasteiger partial charge in [0, 0.05) is 23.7 Å². The Balaban J connectivity index is 1.85. The summed E-state index contributed by atoms with van der Waals surface area (Å²) in [5, 5.41) is 5.57. The molecular weight excluding hydrogens is 335 g/mol. The summed E-state index contributed by atoms with van der Waals surface area (Å²) in [6, 6.07) is 11.6. The molecule has 5 nitrogen and oxygen atoms in total. The first-order chi connectivity index (χ1) is 12.4. The van der Waals surface area contributed by atoms with Crippen LogP contribution in [0.15, 0.2) is 42.5 Å². The summed E-state index contributed by atoms with van der Waals surface area (Å²) in [5.41, 5.74) is 2.04. The molecule has 0 bridgehead atoms. The molecule has 2 N–H and O–H groups in total. The molecule has 2 rings (SSSR count). The monoisotopic (exact) mass is 358 g/mol. The lowest BCUT2D eigenvalue weighted by Gasteiger charge is -2.09. The summed E-state index contributed by atoms with van der Waals surface area (Å²) in [6.07, 6.45) is 0.660. The van der Waals surface area contributed by atoms with Crippen molar-refractivity contribution in [2.24, 2.45) is 5.92 Å². The van der Waals surface area contributed by atoms with Crippen molar-refractivity contribution in [3.8, 4) is 5.75 Å². The molecule has 2 aromatic carbocycles. The lowest BCUT2D eigenvalue weighted by atomic mass is 10.1. The molecule has 0 saturated heterocycles. The van der Waals surface area contributed by atoms with E-state index in [4.69, 9.17) is 4.74 Å². The number of nitrogens with one attached hydrogen (secondary N) is 2. The standard InChI is InChI=1S/C20H23FN2O3/c1-13(2)20(25)23-16-8-6-15(7-9-16)22-19(24)11-5-14-4-10-18(26-3)17(21)12-14/h4,6-10,12-13H,5,11H2,1-3H3,(H,22,24)(H,23,25). The van der Waals surface area contributed by atoms with Gasteiger partial charge in [-0.1, -0.05) is 19.9 Å². The minimum Gasteiger partial charge on any atom is -0.494 e. The van der Waals surface area contributed by atoms with Gasteiger partial charge in [0.05, 0.1) is 7.11 Å². The van der Waals surface area contributed by atoms with Crippen molar-refractivity contribution in [3.63, 3.8) is 0 Å². The molecule has 0 radical (unpaired) electrons. The Morgan fingerprint density at radius 2 is 1.65 bits per heavy atom. The number of carbonyl (C=O) groups excluding carboxylic acids is 2. The SMILES string of the molecule is COc1ccc(CCC(=O)Nc2ccc(NC(=O)C(C)C)cc2)cc1F. The van der Waals surface area contributed by atoms with E-state index in [1.54, 1.807) is 36.4 Å². The maximum Gasteiger partial charge on any atom is 0.226 e. The van der Waals surface area contributed by atoms with Crippen molar-refractivity contribution in [1.29, 1.82) is 0 Å². The Bertz CT molecular complexity index is 773. The molecule has 6 heteroatoms. The van der Waals surface area contributed by atoms with E-state index in [0.717, 1.165) is 5.56 Å². The molecule has 138 valence electrons. The van der Waals surface area contributed by atoms with E-state index in [1.807, 2.05) is 13.8 Å². The predicted molar refractivity (Wildman–Crippen MR) is 99.8 cm³/mol. The molecule has 0 heterocycles. The average Bonchev–Trinajstić information content (AvgIpc) is 2.61. The van der Waals surface area contributed by atoms with Gasteiger partial charge in [-0.2, -0.15) is 0 Å². The third kappa shape index (κ3) is 5.58. The van der Waals surface area contributed by atoms with Crippen LogP contribution in [0.5, 0.6) is 5.75 Å². The number of rotatable bonds is 7. The Kier molecular flexibility index (Phi) is 6.72. The first kappa shape index (κ1) is 19.4. The molecule has 0 aliphatic carbocycles. The van der Waals surface area contributed by atoms with Gasteiger partial charge in [-0.3, -0.25) is 9.59 Å². The summed E-state index contributed by atoms with van der Waals surface area (Å²) < 4.78 is 18.5. The van der Waals surface area contributed by atoms with Crippen molar-refractivity contribution in [2.75, 3.05) is 17.7 Å². The zero-order valence-electron chi connectivity index (χ0n) is 15.1. The van der Waals surface area contributed by atoms with E-state index in [-0.39, 0.29) is 29.9 Å². The minimum atomic E-state index is -0.440. The number of amides is 2. The molecule has 0 spiro atoms. The Hall–Kier alpha value is -2.89. The molecule has 0 aliphatic heterocycles. The summed E-state index contributed by atoms with van der Waals surface area (Å²) in [4.78, 5) is 23.7. The number of halogens is 1. The zero-order chi connectivity index (χ0) is 19.1. The van der Waals surface area contributed by atoms with Crippen LogP contribution in [0.4, 0.5) is 15.8 Å². The topological polar surface area (TPSA) is 67.4 Å². The lowest BCUT2D eigenvalue weighted by molar-refractivity contribution is -0.119. The smallest absolute Gasteiger partial charge is 0.226 e. The van der Waals surface area contributed by atoms with E-state index in [0.29, 0.717) is 17.8 Å². The summed E-state index contributed by atoms with van der Waals surface area (Å²) in [7, 11) is 1.41. The number of hydrogen-bond donors (Lipinski definition) is 2. The van der Waals surface area contributed by atoms with Crippen molar-refractivity contribution < 1.29 is 18.7 Å². The number of methoxy groups -OCH3 is 1. The number of aryl methyl sites for hydroxylation is 1. The van der Waals surface area contributed by atoms with Crippen LogP contribution in [0.1, 0.15) is 25.8 Å². The van der Waals surface area contributed by atoms with Crippen LogP contribution in [0.25, 0.3) is 0 Å². The van der Waals surface area contributed by atoms with Crippen LogP contribution < -0.4 is 15.4 Å². The van der Waals surface area contributed by atoms with E-state index in [2.05, 4.69) is 10.6 Å². The van der Waals surface area contributed by atoms with Crippen LogP contribution in [0, 0.1) is 11.7 Å². The van der Waals surface area contributed by atoms with Crippen molar-refractivity contribution in [1.82, 2.24) is 0 Å². The van der Waals surface area contributed by atoms with Gasteiger partial charge in [0.1, 0.15) is 0 Å². The third-order valence-corrected chi connectivity index (χ3v) is 3.82. The second-order valence-corrected chi connectivity index (χ2v) is 6.24. The first-order valence-corrected chi connectivity index (χ1v) is 8.42. The summed E-state index contributed by atoms with van der Waals surface area (Å²) in [5.74, 6) is -0.585. The highest BCUT2D eigenvalue weighted by Gasteiger charge is 2.08. The van der Waals surface area contributed by atoms with Crippen LogP contribution in [0.2, 0.25) is 0 Å². The highest BCUT2D eigenvalue weighted by molar-refractivity contribution is 5.93. The van der Waals surface area contributed by atoms with Gasteiger partial charge in [-0.15, -0.1) is 0 Å². The van der Waals surface area contributed by atoms with Gasteiger partial charge < -0.3 is 15.4 Å². The van der Waals surface area contributed by atoms with Gasteiger partial charge in [-0.05, 0) is 48.4 Å². The van der Waals surface area contributed by atoms with Crippen LogP contribution in [-0.2, 0) is 16.0 Å². The molecule has 0 fully saturated rings. The van der Waals surface area contributed by atoms with Crippen molar-refractivity contribution in [3.05, 3.63) is 53.8 Å². The molecule has 0 unspecified atom stereocenters. The van der Waals surface area contributed by atoms with Gasteiger partial charge in [0.25, 0.3) is 0 Å². The number of anilines is 2. The minimum absolute atomic E-state index is 0.0616. The lowest BCUT2D eigenvalue weighted by Crippen LogP contribution is -2.17. The van der Waals surface area contributed by atoms with Gasteiger partial charge >= 0.3 is 0 Å².